The Hall–Kier alpha value is -4.27. The van der Waals surface area contributed by atoms with Crippen molar-refractivity contribution in [2.75, 3.05) is 70.2 Å². The van der Waals surface area contributed by atoms with Crippen LogP contribution in [0.4, 0.5) is 33.7 Å². The average molecular weight is 617 g/mol. The molecule has 44 heavy (non-hydrogen) atoms. The highest BCUT2D eigenvalue weighted by atomic mass is 19.4. The highest BCUT2D eigenvalue weighted by Gasteiger charge is 2.34. The Morgan fingerprint density at radius 1 is 0.932 bits per heavy atom. The van der Waals surface area contributed by atoms with E-state index in [0.717, 1.165) is 25.2 Å². The molecule has 3 aromatic rings. The maximum absolute atomic E-state index is 14.9. The number of hydrogen-bond acceptors (Lipinski definition) is 7. The van der Waals surface area contributed by atoms with Crippen LogP contribution >= 0.6 is 0 Å². The van der Waals surface area contributed by atoms with Crippen LogP contribution in [0.15, 0.2) is 54.7 Å². The molecule has 2 N–H and O–H groups in total. The molecule has 234 valence electrons. The summed E-state index contributed by atoms with van der Waals surface area (Å²) >= 11 is 0. The van der Waals surface area contributed by atoms with Crippen LogP contribution in [0, 0.1) is 5.82 Å². The first-order valence-corrected chi connectivity index (χ1v) is 14.0. The van der Waals surface area contributed by atoms with Crippen LogP contribution in [0.5, 0.6) is 11.5 Å². The first kappa shape index (κ1) is 31.2. The van der Waals surface area contributed by atoms with Crippen molar-refractivity contribution < 1.29 is 36.6 Å². The lowest BCUT2D eigenvalue weighted by atomic mass is 10.0. The number of alkyl halides is 3. The molecule has 2 aromatic carbocycles. The van der Waals surface area contributed by atoms with Crippen molar-refractivity contribution >= 4 is 23.3 Å². The summed E-state index contributed by atoms with van der Waals surface area (Å²) in [5, 5.41) is 4.65. The van der Waals surface area contributed by atoms with E-state index in [2.05, 4.69) is 20.5 Å². The third-order valence-corrected chi connectivity index (χ3v) is 7.34. The summed E-state index contributed by atoms with van der Waals surface area (Å²) in [6.07, 6.45) is -3.22. The molecule has 3 amide bonds. The van der Waals surface area contributed by atoms with Crippen molar-refractivity contribution in [2.45, 2.75) is 12.7 Å². The lowest BCUT2D eigenvalue weighted by Crippen LogP contribution is -2.44. The molecule has 5 rings (SSSR count). The molecule has 2 aliphatic rings. The number of benzene rings is 2. The van der Waals surface area contributed by atoms with Crippen molar-refractivity contribution in [1.82, 2.24) is 19.7 Å². The molecule has 10 nitrogen and oxygen atoms in total. The van der Waals surface area contributed by atoms with Crippen LogP contribution in [-0.2, 0) is 17.5 Å². The van der Waals surface area contributed by atoms with E-state index < -0.39 is 23.6 Å². The number of aromatic nitrogens is 1. The largest absolute Gasteiger partial charge is 0.457 e. The van der Waals surface area contributed by atoms with Crippen LogP contribution < -0.4 is 15.4 Å². The summed E-state index contributed by atoms with van der Waals surface area (Å²) in [5.41, 5.74) is -0.858. The van der Waals surface area contributed by atoms with E-state index in [9.17, 15) is 27.2 Å². The third kappa shape index (κ3) is 8.01. The van der Waals surface area contributed by atoms with Crippen LogP contribution in [0.25, 0.3) is 0 Å². The number of amides is 3. The molecule has 1 aromatic heterocycles. The average Bonchev–Trinajstić information content (AvgIpc) is 3.00. The Kier molecular flexibility index (Phi) is 9.61. The zero-order chi connectivity index (χ0) is 31.3. The molecule has 0 aliphatic carbocycles. The first-order valence-electron chi connectivity index (χ1n) is 14.0. The summed E-state index contributed by atoms with van der Waals surface area (Å²) in [4.78, 5) is 35.1. The van der Waals surface area contributed by atoms with Gasteiger partial charge in [-0.05, 0) is 42.9 Å². The second kappa shape index (κ2) is 13.6. The summed E-state index contributed by atoms with van der Waals surface area (Å²) < 4.78 is 67.5. The van der Waals surface area contributed by atoms with E-state index >= 15 is 0 Å². The number of pyridine rings is 1. The molecule has 0 bridgehead atoms. The normalized spacial score (nSPS) is 16.4. The number of nitrogens with zero attached hydrogens (tertiary/aromatic N) is 4. The SMILES string of the molecule is CN1CCN(Cc2ccc(NC(=O)Nc3ccc(Oc4ccnc(C(=O)N5CCOCC5)c4)cc3F)cc2C(F)(F)F)CC1. The van der Waals surface area contributed by atoms with Crippen molar-refractivity contribution in [2.24, 2.45) is 0 Å². The van der Waals surface area contributed by atoms with E-state index in [1.165, 1.54) is 42.6 Å². The maximum Gasteiger partial charge on any atom is 0.416 e. The van der Waals surface area contributed by atoms with Gasteiger partial charge in [0.25, 0.3) is 5.91 Å². The number of carbonyl (C=O) groups is 2. The van der Waals surface area contributed by atoms with E-state index in [4.69, 9.17) is 9.47 Å². The second-order valence-corrected chi connectivity index (χ2v) is 10.6. The molecular weight excluding hydrogens is 584 g/mol. The first-order chi connectivity index (χ1) is 21.0. The van der Waals surface area contributed by atoms with Gasteiger partial charge in [-0.25, -0.2) is 9.18 Å². The highest BCUT2D eigenvalue weighted by Crippen LogP contribution is 2.35. The van der Waals surface area contributed by atoms with Crippen molar-refractivity contribution in [1.29, 1.82) is 0 Å². The van der Waals surface area contributed by atoms with E-state index in [-0.39, 0.29) is 46.6 Å². The summed E-state index contributed by atoms with van der Waals surface area (Å²) in [6, 6.07) is 9.35. The Morgan fingerprint density at radius 2 is 1.66 bits per heavy atom. The van der Waals surface area contributed by atoms with Gasteiger partial charge in [0, 0.05) is 69.8 Å². The molecular formula is C30H32F4N6O4. The van der Waals surface area contributed by atoms with Crippen LogP contribution in [0.3, 0.4) is 0 Å². The Labute approximate surface area is 251 Å². The summed E-state index contributed by atoms with van der Waals surface area (Å²) in [5.74, 6) is -0.765. The van der Waals surface area contributed by atoms with Crippen LogP contribution in [-0.4, -0.2) is 91.2 Å². The molecule has 2 fully saturated rings. The van der Waals surface area contributed by atoms with Gasteiger partial charge in [-0.2, -0.15) is 13.2 Å². The van der Waals surface area contributed by atoms with E-state index in [1.54, 1.807) is 4.90 Å². The fourth-order valence-electron chi connectivity index (χ4n) is 4.90. The maximum atomic E-state index is 14.9. The quantitative estimate of drug-likeness (QED) is 0.365. The molecule has 2 saturated heterocycles. The Balaban J connectivity index is 1.21. The molecule has 14 heteroatoms. The van der Waals surface area contributed by atoms with Gasteiger partial charge in [-0.3, -0.25) is 14.7 Å². The minimum atomic E-state index is -4.62. The lowest BCUT2D eigenvalue weighted by Gasteiger charge is -2.33. The Morgan fingerprint density at radius 3 is 2.36 bits per heavy atom. The standard InChI is InChI=1S/C30H32F4N6O4/c1-38-8-10-39(11-9-38)19-20-2-3-21(16-24(20)30(32,33)34)36-29(42)37-26-5-4-22(17-25(26)31)44-23-6-7-35-27(18-23)28(41)40-12-14-43-15-13-40/h2-7,16-18H,8-15,19H2,1H3,(H2,36,37,42). The topological polar surface area (TPSA) is 99.3 Å². The van der Waals surface area contributed by atoms with Gasteiger partial charge in [-0.1, -0.05) is 6.07 Å². The number of halogens is 4. The van der Waals surface area contributed by atoms with Gasteiger partial charge in [0.05, 0.1) is 24.5 Å². The number of likely N-dealkylation sites (N-methyl/N-ethyl adjacent to an activating group) is 1. The van der Waals surface area contributed by atoms with Gasteiger partial charge in [0.2, 0.25) is 0 Å². The minimum absolute atomic E-state index is 0.0857. The number of rotatable bonds is 7. The smallest absolute Gasteiger partial charge is 0.416 e. The van der Waals surface area contributed by atoms with Crippen molar-refractivity contribution in [3.05, 3.63) is 77.4 Å². The lowest BCUT2D eigenvalue weighted by molar-refractivity contribution is -0.138. The zero-order valence-electron chi connectivity index (χ0n) is 24.0. The van der Waals surface area contributed by atoms with E-state index in [0.29, 0.717) is 39.4 Å². The second-order valence-electron chi connectivity index (χ2n) is 10.6. The molecule has 0 saturated carbocycles. The Bertz CT molecular complexity index is 1490. The molecule has 0 spiro atoms. The molecule has 0 unspecified atom stereocenters. The fourth-order valence-corrected chi connectivity index (χ4v) is 4.90. The zero-order valence-corrected chi connectivity index (χ0v) is 24.0. The van der Waals surface area contributed by atoms with E-state index in [1.807, 2.05) is 11.9 Å². The predicted octanol–water partition coefficient (Wildman–Crippen LogP) is 4.90. The molecule has 0 atom stereocenters. The summed E-state index contributed by atoms with van der Waals surface area (Å²) in [7, 11) is 1.97. The molecule has 3 heterocycles. The molecule has 2 aliphatic heterocycles. The number of morpholine rings is 1. The number of carbonyl (C=O) groups excluding carboxylic acids is 2. The van der Waals surface area contributed by atoms with Gasteiger partial charge in [0.15, 0.2) is 0 Å². The number of ether oxygens (including phenoxy) is 2. The number of hydrogen-bond donors (Lipinski definition) is 2. The molecule has 0 radical (unpaired) electrons. The van der Waals surface area contributed by atoms with Crippen molar-refractivity contribution in [3.63, 3.8) is 0 Å². The van der Waals surface area contributed by atoms with Gasteiger partial charge < -0.3 is 29.9 Å². The number of urea groups is 1. The van der Waals surface area contributed by atoms with Gasteiger partial charge >= 0.3 is 12.2 Å². The minimum Gasteiger partial charge on any atom is -0.457 e. The van der Waals surface area contributed by atoms with Crippen molar-refractivity contribution in [3.8, 4) is 11.5 Å². The number of piperazine rings is 1. The van der Waals surface area contributed by atoms with Gasteiger partial charge in [0.1, 0.15) is 23.0 Å². The number of nitrogens with one attached hydrogen (secondary N) is 2. The fraction of sp³-hybridized carbons (Fsp3) is 0.367. The summed E-state index contributed by atoms with van der Waals surface area (Å²) in [6.45, 7) is 4.77. The number of anilines is 2. The van der Waals surface area contributed by atoms with Crippen LogP contribution in [0.2, 0.25) is 0 Å². The van der Waals surface area contributed by atoms with Crippen LogP contribution in [0.1, 0.15) is 21.6 Å². The van der Waals surface area contributed by atoms with Gasteiger partial charge in [-0.15, -0.1) is 0 Å². The predicted molar refractivity (Wildman–Crippen MR) is 154 cm³/mol. The highest BCUT2D eigenvalue weighted by molar-refractivity contribution is 6.00. The third-order valence-electron chi connectivity index (χ3n) is 7.34. The monoisotopic (exact) mass is 616 g/mol.